The van der Waals surface area contributed by atoms with Crippen LogP contribution >= 0.6 is 11.3 Å². The number of hydrazone groups is 1. The van der Waals surface area contributed by atoms with Gasteiger partial charge in [0.15, 0.2) is 0 Å². The number of benzene rings is 1. The first-order valence-corrected chi connectivity index (χ1v) is 9.14. The molecule has 1 amide bonds. The zero-order chi connectivity index (χ0) is 19.9. The van der Waals surface area contributed by atoms with Gasteiger partial charge in [0, 0.05) is 5.56 Å². The van der Waals surface area contributed by atoms with Gasteiger partial charge in [0.1, 0.15) is 16.5 Å². The fraction of sp³-hybridized carbons (Fsp3) is 0.167. The van der Waals surface area contributed by atoms with Crippen molar-refractivity contribution in [3.8, 4) is 11.3 Å². The summed E-state index contributed by atoms with van der Waals surface area (Å²) >= 11 is 1.15. The number of esters is 1. The summed E-state index contributed by atoms with van der Waals surface area (Å²) in [7, 11) is 0. The highest BCUT2D eigenvalue weighted by atomic mass is 32.1. The summed E-state index contributed by atoms with van der Waals surface area (Å²) in [4.78, 5) is 23.5. The molecule has 3 aromatic rings. The normalized spacial score (nSPS) is 10.9. The minimum atomic E-state index is -0.367. The smallest absolute Gasteiger partial charge is 0.338 e. The second-order valence-electron chi connectivity index (χ2n) is 5.50. The molecule has 0 aliphatic carbocycles. The molecular formula is C18H17N5O4S. The van der Waals surface area contributed by atoms with Crippen LogP contribution in [-0.4, -0.2) is 34.9 Å². The summed E-state index contributed by atoms with van der Waals surface area (Å²) in [5, 5.41) is 12.1. The number of nitrogens with two attached hydrogens (primary N) is 1. The molecule has 0 saturated heterocycles. The SMILES string of the molecule is CCOC(=O)c1ccc(-c2ccc(C=NNC(=O)Cc3nnc(N)s3)o2)cc1. The highest BCUT2D eigenvalue weighted by Crippen LogP contribution is 2.22. The number of nitrogen functional groups attached to an aromatic ring is 1. The maximum Gasteiger partial charge on any atom is 0.338 e. The Kier molecular flexibility index (Phi) is 6.12. The summed E-state index contributed by atoms with van der Waals surface area (Å²) in [5.74, 6) is 0.361. The van der Waals surface area contributed by atoms with Crippen molar-refractivity contribution < 1.29 is 18.7 Å². The van der Waals surface area contributed by atoms with Crippen molar-refractivity contribution in [1.82, 2.24) is 15.6 Å². The van der Waals surface area contributed by atoms with E-state index in [0.717, 1.165) is 16.9 Å². The minimum absolute atomic E-state index is 0.0441. The molecule has 0 aliphatic rings. The van der Waals surface area contributed by atoms with E-state index in [1.807, 2.05) is 0 Å². The number of nitrogens with one attached hydrogen (secondary N) is 1. The molecule has 3 N–H and O–H groups in total. The second kappa shape index (κ2) is 8.91. The number of ether oxygens (including phenoxy) is 1. The number of carbonyl (C=O) groups excluding carboxylic acids is 2. The van der Waals surface area contributed by atoms with Gasteiger partial charge in [0.05, 0.1) is 24.8 Å². The number of rotatable bonds is 7. The number of carbonyl (C=O) groups is 2. The van der Waals surface area contributed by atoms with Gasteiger partial charge in [-0.15, -0.1) is 10.2 Å². The van der Waals surface area contributed by atoms with E-state index in [9.17, 15) is 9.59 Å². The van der Waals surface area contributed by atoms with E-state index in [0.29, 0.717) is 33.8 Å². The van der Waals surface area contributed by atoms with Crippen LogP contribution in [0.4, 0.5) is 5.13 Å². The molecule has 0 aliphatic heterocycles. The average Bonchev–Trinajstić information content (AvgIpc) is 3.31. The third-order valence-electron chi connectivity index (χ3n) is 3.48. The van der Waals surface area contributed by atoms with E-state index in [-0.39, 0.29) is 18.3 Å². The number of nitrogens with zero attached hydrogens (tertiary/aromatic N) is 3. The van der Waals surface area contributed by atoms with Gasteiger partial charge in [-0.3, -0.25) is 4.79 Å². The molecule has 0 bridgehead atoms. The monoisotopic (exact) mass is 399 g/mol. The zero-order valence-electron chi connectivity index (χ0n) is 14.9. The number of amides is 1. The fourth-order valence-electron chi connectivity index (χ4n) is 2.25. The van der Waals surface area contributed by atoms with Gasteiger partial charge in [0.2, 0.25) is 11.0 Å². The van der Waals surface area contributed by atoms with Crippen LogP contribution in [0.1, 0.15) is 28.0 Å². The minimum Gasteiger partial charge on any atom is -0.462 e. The van der Waals surface area contributed by atoms with Crippen molar-refractivity contribution in [3.63, 3.8) is 0 Å². The predicted molar refractivity (Wildman–Crippen MR) is 104 cm³/mol. The van der Waals surface area contributed by atoms with Gasteiger partial charge in [-0.1, -0.05) is 23.5 Å². The molecule has 9 nitrogen and oxygen atoms in total. The maximum atomic E-state index is 11.8. The average molecular weight is 399 g/mol. The van der Waals surface area contributed by atoms with Crippen LogP contribution < -0.4 is 11.2 Å². The number of anilines is 1. The van der Waals surface area contributed by atoms with Crippen LogP contribution in [0.3, 0.4) is 0 Å². The lowest BCUT2D eigenvalue weighted by Crippen LogP contribution is -2.19. The number of hydrogen-bond donors (Lipinski definition) is 2. The van der Waals surface area contributed by atoms with E-state index in [1.165, 1.54) is 6.21 Å². The Morgan fingerprint density at radius 1 is 1.25 bits per heavy atom. The highest BCUT2D eigenvalue weighted by Gasteiger charge is 2.09. The van der Waals surface area contributed by atoms with E-state index in [1.54, 1.807) is 43.3 Å². The molecule has 3 rings (SSSR count). The number of aromatic nitrogens is 2. The van der Waals surface area contributed by atoms with Crippen molar-refractivity contribution in [1.29, 1.82) is 0 Å². The predicted octanol–water partition coefficient (Wildman–Crippen LogP) is 2.25. The van der Waals surface area contributed by atoms with E-state index in [2.05, 4.69) is 20.7 Å². The Bertz CT molecular complexity index is 994. The van der Waals surface area contributed by atoms with E-state index >= 15 is 0 Å². The summed E-state index contributed by atoms with van der Waals surface area (Å²) < 4.78 is 10.6. The molecule has 28 heavy (non-hydrogen) atoms. The zero-order valence-corrected chi connectivity index (χ0v) is 15.7. The summed E-state index contributed by atoms with van der Waals surface area (Å²) in [5.41, 5.74) is 9.12. The molecule has 0 unspecified atom stereocenters. The van der Waals surface area contributed by atoms with Gasteiger partial charge >= 0.3 is 5.97 Å². The Morgan fingerprint density at radius 3 is 2.71 bits per heavy atom. The molecule has 0 spiro atoms. The van der Waals surface area contributed by atoms with Crippen LogP contribution in [0.15, 0.2) is 45.9 Å². The molecule has 1 aromatic carbocycles. The lowest BCUT2D eigenvalue weighted by molar-refractivity contribution is -0.120. The van der Waals surface area contributed by atoms with Crippen LogP contribution in [0.25, 0.3) is 11.3 Å². The lowest BCUT2D eigenvalue weighted by atomic mass is 10.1. The first-order valence-electron chi connectivity index (χ1n) is 8.32. The first-order chi connectivity index (χ1) is 13.5. The Balaban J connectivity index is 1.57. The molecular weight excluding hydrogens is 382 g/mol. The van der Waals surface area contributed by atoms with Gasteiger partial charge in [0.25, 0.3) is 0 Å². The van der Waals surface area contributed by atoms with Gasteiger partial charge < -0.3 is 14.9 Å². The maximum absolute atomic E-state index is 11.8. The third kappa shape index (κ3) is 5.01. The van der Waals surface area contributed by atoms with Crippen molar-refractivity contribution in [2.45, 2.75) is 13.3 Å². The molecule has 10 heteroatoms. The molecule has 144 valence electrons. The molecule has 0 saturated carbocycles. The summed E-state index contributed by atoms with van der Waals surface area (Å²) in [6, 6.07) is 10.4. The Hall–Kier alpha value is -3.53. The molecule has 0 radical (unpaired) electrons. The van der Waals surface area contributed by atoms with Crippen LogP contribution in [0, 0.1) is 0 Å². The second-order valence-corrected chi connectivity index (χ2v) is 6.60. The largest absolute Gasteiger partial charge is 0.462 e. The Labute approximate surface area is 164 Å². The number of hydrogen-bond acceptors (Lipinski definition) is 9. The molecule has 0 fully saturated rings. The standard InChI is InChI=1S/C18H17N5O4S/c1-2-26-17(25)12-5-3-11(4-6-12)14-8-7-13(27-14)10-20-21-15(24)9-16-22-23-18(19)28-16/h3-8,10H,2,9H2,1H3,(H2,19,23)(H,21,24). The van der Waals surface area contributed by atoms with Crippen LogP contribution in [-0.2, 0) is 16.0 Å². The first kappa shape index (κ1) is 19.2. The van der Waals surface area contributed by atoms with Crippen molar-refractivity contribution in [2.75, 3.05) is 12.3 Å². The topological polar surface area (TPSA) is 133 Å². The quantitative estimate of drug-likeness (QED) is 0.354. The molecule has 2 aromatic heterocycles. The summed E-state index contributed by atoms with van der Waals surface area (Å²) in [6.45, 7) is 2.08. The number of furan rings is 1. The highest BCUT2D eigenvalue weighted by molar-refractivity contribution is 7.15. The van der Waals surface area contributed by atoms with Crippen molar-refractivity contribution >= 4 is 34.6 Å². The third-order valence-corrected chi connectivity index (χ3v) is 4.24. The van der Waals surface area contributed by atoms with Crippen molar-refractivity contribution in [2.24, 2.45) is 5.10 Å². The van der Waals surface area contributed by atoms with Gasteiger partial charge in [-0.2, -0.15) is 5.10 Å². The fourth-order valence-corrected chi connectivity index (χ4v) is 2.85. The van der Waals surface area contributed by atoms with Gasteiger partial charge in [-0.25, -0.2) is 10.2 Å². The van der Waals surface area contributed by atoms with E-state index < -0.39 is 0 Å². The van der Waals surface area contributed by atoms with Crippen LogP contribution in [0.5, 0.6) is 0 Å². The molecule has 2 heterocycles. The summed E-state index contributed by atoms with van der Waals surface area (Å²) in [6.07, 6.45) is 1.44. The van der Waals surface area contributed by atoms with Gasteiger partial charge in [-0.05, 0) is 31.2 Å². The van der Waals surface area contributed by atoms with Crippen LogP contribution in [0.2, 0.25) is 0 Å². The van der Waals surface area contributed by atoms with E-state index in [4.69, 9.17) is 14.9 Å². The molecule has 0 atom stereocenters. The van der Waals surface area contributed by atoms with Crippen molar-refractivity contribution in [3.05, 3.63) is 52.7 Å². The lowest BCUT2D eigenvalue weighted by Gasteiger charge is -2.02. The Morgan fingerprint density at radius 2 is 2.04 bits per heavy atom.